The number of nitrogens with zero attached hydrogens (tertiary/aromatic N) is 2. The zero-order valence-corrected chi connectivity index (χ0v) is 15.9. The quantitative estimate of drug-likeness (QED) is 0.455. The Bertz CT molecular complexity index is 1050. The molecular weight excluding hydrogens is 368 g/mol. The maximum absolute atomic E-state index is 13.1. The standard InChI is InChI=1S/C23H20N2O4/c1-27-20-11-9-18(10-12-20)23(26)25(16-21-8-5-13-28-21)15-19-14-22(29-24-19)17-6-3-2-4-7-17/h2-14H,15-16H2,1H3. The summed E-state index contributed by atoms with van der Waals surface area (Å²) in [7, 11) is 1.59. The van der Waals surface area contributed by atoms with E-state index in [4.69, 9.17) is 13.7 Å². The number of furan rings is 1. The second-order valence-corrected chi connectivity index (χ2v) is 6.52. The fraction of sp³-hybridized carbons (Fsp3) is 0.130. The summed E-state index contributed by atoms with van der Waals surface area (Å²) in [4.78, 5) is 14.8. The van der Waals surface area contributed by atoms with Gasteiger partial charge in [-0.05, 0) is 36.4 Å². The minimum Gasteiger partial charge on any atom is -0.497 e. The highest BCUT2D eigenvalue weighted by atomic mass is 16.5. The molecule has 4 aromatic rings. The molecule has 0 spiro atoms. The van der Waals surface area contributed by atoms with E-state index in [2.05, 4.69) is 5.16 Å². The van der Waals surface area contributed by atoms with E-state index in [-0.39, 0.29) is 5.91 Å². The number of ether oxygens (including phenoxy) is 1. The molecule has 0 atom stereocenters. The van der Waals surface area contributed by atoms with Gasteiger partial charge in [0.15, 0.2) is 5.76 Å². The first-order valence-electron chi connectivity index (χ1n) is 9.19. The van der Waals surface area contributed by atoms with E-state index in [1.165, 1.54) is 0 Å². The maximum Gasteiger partial charge on any atom is 0.254 e. The Morgan fingerprint density at radius 2 is 1.79 bits per heavy atom. The number of methoxy groups -OCH3 is 1. The van der Waals surface area contributed by atoms with E-state index < -0.39 is 0 Å². The summed E-state index contributed by atoms with van der Waals surface area (Å²) in [6.45, 7) is 0.618. The molecule has 2 aromatic carbocycles. The SMILES string of the molecule is COc1ccc(C(=O)N(Cc2cc(-c3ccccc3)on2)Cc2ccco2)cc1. The fourth-order valence-corrected chi connectivity index (χ4v) is 3.03. The van der Waals surface area contributed by atoms with Crippen LogP contribution in [-0.4, -0.2) is 23.1 Å². The summed E-state index contributed by atoms with van der Waals surface area (Å²) in [6, 6.07) is 22.2. The van der Waals surface area contributed by atoms with E-state index in [0.717, 1.165) is 5.56 Å². The summed E-state index contributed by atoms with van der Waals surface area (Å²) in [5, 5.41) is 4.15. The number of hydrogen-bond acceptors (Lipinski definition) is 5. The van der Waals surface area contributed by atoms with Gasteiger partial charge in [0.25, 0.3) is 5.91 Å². The number of rotatable bonds is 7. The Morgan fingerprint density at radius 3 is 2.48 bits per heavy atom. The van der Waals surface area contributed by atoms with Gasteiger partial charge in [0.1, 0.15) is 17.2 Å². The molecule has 0 aliphatic carbocycles. The minimum absolute atomic E-state index is 0.131. The van der Waals surface area contributed by atoms with Crippen molar-refractivity contribution in [2.45, 2.75) is 13.1 Å². The summed E-state index contributed by atoms with van der Waals surface area (Å²) < 4.78 is 16.1. The van der Waals surface area contributed by atoms with Gasteiger partial charge in [-0.25, -0.2) is 0 Å². The monoisotopic (exact) mass is 388 g/mol. The molecule has 0 saturated carbocycles. The number of carbonyl (C=O) groups is 1. The third kappa shape index (κ3) is 4.38. The molecule has 2 heterocycles. The van der Waals surface area contributed by atoms with Gasteiger partial charge in [0, 0.05) is 17.2 Å². The number of benzene rings is 2. The largest absolute Gasteiger partial charge is 0.497 e. The first kappa shape index (κ1) is 18.6. The maximum atomic E-state index is 13.1. The zero-order chi connectivity index (χ0) is 20.1. The fourth-order valence-electron chi connectivity index (χ4n) is 3.03. The summed E-state index contributed by atoms with van der Waals surface area (Å²) >= 11 is 0. The van der Waals surface area contributed by atoms with Crippen molar-refractivity contribution in [2.75, 3.05) is 7.11 Å². The van der Waals surface area contributed by atoms with Gasteiger partial charge in [-0.1, -0.05) is 35.5 Å². The lowest BCUT2D eigenvalue weighted by atomic mass is 10.1. The highest BCUT2D eigenvalue weighted by molar-refractivity contribution is 5.94. The minimum atomic E-state index is -0.131. The van der Waals surface area contributed by atoms with Crippen LogP contribution in [0.3, 0.4) is 0 Å². The molecule has 0 bridgehead atoms. The molecule has 0 N–H and O–H groups in total. The lowest BCUT2D eigenvalue weighted by Gasteiger charge is -2.20. The lowest BCUT2D eigenvalue weighted by Crippen LogP contribution is -2.30. The molecule has 6 heteroatoms. The Hall–Kier alpha value is -3.80. The normalized spacial score (nSPS) is 10.7. The van der Waals surface area contributed by atoms with Gasteiger partial charge in [0.05, 0.1) is 26.5 Å². The van der Waals surface area contributed by atoms with Crippen molar-refractivity contribution < 1.29 is 18.5 Å². The van der Waals surface area contributed by atoms with Gasteiger partial charge >= 0.3 is 0 Å². The Labute approximate surface area is 168 Å². The zero-order valence-electron chi connectivity index (χ0n) is 15.9. The highest BCUT2D eigenvalue weighted by Crippen LogP contribution is 2.22. The van der Waals surface area contributed by atoms with Crippen molar-refractivity contribution in [1.29, 1.82) is 0 Å². The predicted octanol–water partition coefficient (Wildman–Crippen LogP) is 4.79. The van der Waals surface area contributed by atoms with Gasteiger partial charge < -0.3 is 18.6 Å². The second-order valence-electron chi connectivity index (χ2n) is 6.52. The average Bonchev–Trinajstić information content (AvgIpc) is 3.46. The summed E-state index contributed by atoms with van der Waals surface area (Å²) in [5.74, 6) is 1.92. The molecule has 0 saturated heterocycles. The van der Waals surface area contributed by atoms with Crippen molar-refractivity contribution in [1.82, 2.24) is 10.1 Å². The van der Waals surface area contributed by atoms with Crippen LogP contribution in [-0.2, 0) is 13.1 Å². The van der Waals surface area contributed by atoms with Crippen LogP contribution in [0.15, 0.2) is 88.0 Å². The second kappa shape index (κ2) is 8.48. The summed E-state index contributed by atoms with van der Waals surface area (Å²) in [6.07, 6.45) is 1.59. The van der Waals surface area contributed by atoms with E-state index >= 15 is 0 Å². The van der Waals surface area contributed by atoms with Gasteiger partial charge in [-0.15, -0.1) is 0 Å². The van der Waals surface area contributed by atoms with E-state index in [0.29, 0.717) is 41.6 Å². The van der Waals surface area contributed by atoms with Gasteiger partial charge in [0.2, 0.25) is 0 Å². The lowest BCUT2D eigenvalue weighted by molar-refractivity contribution is 0.0713. The molecule has 0 aliphatic rings. The van der Waals surface area contributed by atoms with E-state index in [1.54, 1.807) is 48.6 Å². The molecule has 146 valence electrons. The number of hydrogen-bond donors (Lipinski definition) is 0. The molecular formula is C23H20N2O4. The predicted molar refractivity (Wildman–Crippen MR) is 107 cm³/mol. The van der Waals surface area contributed by atoms with Gasteiger partial charge in [-0.2, -0.15) is 0 Å². The molecule has 0 fully saturated rings. The average molecular weight is 388 g/mol. The Kier molecular flexibility index (Phi) is 5.42. The molecule has 6 nitrogen and oxygen atoms in total. The first-order valence-corrected chi connectivity index (χ1v) is 9.19. The topological polar surface area (TPSA) is 68.7 Å². The van der Waals surface area contributed by atoms with Crippen LogP contribution >= 0.6 is 0 Å². The molecule has 0 aliphatic heterocycles. The van der Waals surface area contributed by atoms with Crippen molar-refractivity contribution in [2.24, 2.45) is 0 Å². The first-order chi connectivity index (χ1) is 14.2. The van der Waals surface area contributed by atoms with Crippen molar-refractivity contribution in [3.05, 3.63) is 96.1 Å². The molecule has 29 heavy (non-hydrogen) atoms. The number of carbonyl (C=O) groups excluding carboxylic acids is 1. The Morgan fingerprint density at radius 1 is 1.00 bits per heavy atom. The van der Waals surface area contributed by atoms with Crippen molar-refractivity contribution >= 4 is 5.91 Å². The third-order valence-electron chi connectivity index (χ3n) is 4.52. The van der Waals surface area contributed by atoms with Gasteiger partial charge in [-0.3, -0.25) is 4.79 Å². The third-order valence-corrected chi connectivity index (χ3v) is 4.52. The smallest absolute Gasteiger partial charge is 0.254 e. The molecule has 0 radical (unpaired) electrons. The summed E-state index contributed by atoms with van der Waals surface area (Å²) in [5.41, 5.74) is 2.16. The highest BCUT2D eigenvalue weighted by Gasteiger charge is 2.20. The molecule has 2 aromatic heterocycles. The van der Waals surface area contributed by atoms with Crippen LogP contribution < -0.4 is 4.74 Å². The van der Waals surface area contributed by atoms with Crippen molar-refractivity contribution in [3.8, 4) is 17.1 Å². The number of amides is 1. The molecule has 4 rings (SSSR count). The van der Waals surface area contributed by atoms with Crippen molar-refractivity contribution in [3.63, 3.8) is 0 Å². The van der Waals surface area contributed by atoms with Crippen LogP contribution in [0.5, 0.6) is 5.75 Å². The van der Waals surface area contributed by atoms with Crippen LogP contribution in [0.2, 0.25) is 0 Å². The molecule has 0 unspecified atom stereocenters. The van der Waals surface area contributed by atoms with Crippen LogP contribution in [0.4, 0.5) is 0 Å². The number of aromatic nitrogens is 1. The van der Waals surface area contributed by atoms with Crippen LogP contribution in [0.25, 0.3) is 11.3 Å². The van der Waals surface area contributed by atoms with E-state index in [9.17, 15) is 4.79 Å². The van der Waals surface area contributed by atoms with E-state index in [1.807, 2.05) is 42.5 Å². The van der Waals surface area contributed by atoms with Crippen LogP contribution in [0, 0.1) is 0 Å². The Balaban J connectivity index is 1.57. The molecule has 1 amide bonds. The van der Waals surface area contributed by atoms with Crippen LogP contribution in [0.1, 0.15) is 21.8 Å².